The molecule has 1 heterocycles. The van der Waals surface area contributed by atoms with E-state index in [2.05, 4.69) is 20.1 Å². The third-order valence-corrected chi connectivity index (χ3v) is 5.97. The van der Waals surface area contributed by atoms with Crippen molar-refractivity contribution in [1.82, 2.24) is 14.8 Å². The zero-order valence-corrected chi connectivity index (χ0v) is 16.3. The van der Waals surface area contributed by atoms with E-state index in [-0.39, 0.29) is 11.2 Å². The summed E-state index contributed by atoms with van der Waals surface area (Å²) >= 11 is 7.58. The molecule has 2 saturated carbocycles. The van der Waals surface area contributed by atoms with Gasteiger partial charge in [-0.2, -0.15) is 0 Å². The van der Waals surface area contributed by atoms with Gasteiger partial charge in [0.2, 0.25) is 5.91 Å². The highest BCUT2D eigenvalue weighted by atomic mass is 35.5. The fourth-order valence-corrected chi connectivity index (χ4v) is 4.05. The molecule has 138 valence electrons. The first kappa shape index (κ1) is 17.7. The number of carbonyl (C=O) groups excluding carboxylic acids is 1. The molecule has 2 aliphatic rings. The van der Waals surface area contributed by atoms with Crippen LogP contribution >= 0.6 is 23.4 Å². The maximum Gasteiger partial charge on any atom is 0.237 e. The molecule has 4 rings (SSSR count). The Balaban J connectivity index is 1.44. The second-order valence-corrected chi connectivity index (χ2v) is 8.53. The lowest BCUT2D eigenvalue weighted by Gasteiger charge is -2.14. The van der Waals surface area contributed by atoms with Crippen LogP contribution in [-0.2, 0) is 4.79 Å². The van der Waals surface area contributed by atoms with Gasteiger partial charge in [-0.05, 0) is 50.8 Å². The largest absolute Gasteiger partial charge is 0.495 e. The molecular weight excluding hydrogens is 372 g/mol. The van der Waals surface area contributed by atoms with Crippen molar-refractivity contribution in [3.63, 3.8) is 0 Å². The number of methoxy groups -OCH3 is 1. The third-order valence-electron chi connectivity index (χ3n) is 4.62. The molecule has 2 aliphatic carbocycles. The predicted octanol–water partition coefficient (Wildman–Crippen LogP) is 4.27. The molecule has 2 aromatic rings. The molecule has 6 nitrogen and oxygen atoms in total. The van der Waals surface area contributed by atoms with Crippen LogP contribution in [0.5, 0.6) is 5.75 Å². The van der Waals surface area contributed by atoms with Gasteiger partial charge in [0.1, 0.15) is 11.6 Å². The highest BCUT2D eigenvalue weighted by molar-refractivity contribution is 8.00. The maximum absolute atomic E-state index is 12.6. The van der Waals surface area contributed by atoms with Crippen LogP contribution in [-0.4, -0.2) is 33.0 Å². The Kier molecular flexibility index (Phi) is 4.84. The number of thioether (sulfide) groups is 1. The summed E-state index contributed by atoms with van der Waals surface area (Å²) in [6, 6.07) is 5.71. The number of anilines is 1. The van der Waals surface area contributed by atoms with Crippen LogP contribution in [0.1, 0.15) is 50.4 Å². The molecule has 0 radical (unpaired) electrons. The molecule has 1 N–H and O–H groups in total. The first-order valence-electron chi connectivity index (χ1n) is 8.82. The Morgan fingerprint density at radius 3 is 2.73 bits per heavy atom. The average Bonchev–Trinajstić information content (AvgIpc) is 3.54. The first-order chi connectivity index (χ1) is 12.6. The third kappa shape index (κ3) is 3.69. The Labute approximate surface area is 161 Å². The number of hydrogen-bond donors (Lipinski definition) is 1. The summed E-state index contributed by atoms with van der Waals surface area (Å²) in [6.45, 7) is 1.88. The Bertz CT molecular complexity index is 833. The number of halogens is 1. The minimum Gasteiger partial charge on any atom is -0.495 e. The number of ether oxygens (including phenoxy) is 1. The first-order valence-corrected chi connectivity index (χ1v) is 10.1. The van der Waals surface area contributed by atoms with Gasteiger partial charge in [0, 0.05) is 17.6 Å². The standard InChI is InChI=1S/C18H21ClN4O2S/c1-10(17(24)20-12-5-8-15(25-2)14(19)9-12)26-18-22-21-16(11-3-4-11)23(18)13-6-7-13/h5,8-11,13H,3-4,6-7H2,1-2H3,(H,20,24)/t10-/m1/s1. The summed E-state index contributed by atoms with van der Waals surface area (Å²) in [6.07, 6.45) is 4.75. The molecule has 0 bridgehead atoms. The van der Waals surface area contributed by atoms with Crippen LogP contribution in [0.2, 0.25) is 5.02 Å². The highest BCUT2D eigenvalue weighted by Crippen LogP contribution is 2.46. The van der Waals surface area contributed by atoms with Crippen molar-refractivity contribution in [2.45, 2.75) is 55.0 Å². The van der Waals surface area contributed by atoms with Crippen molar-refractivity contribution < 1.29 is 9.53 Å². The molecule has 0 spiro atoms. The molecule has 1 aromatic carbocycles. The minimum absolute atomic E-state index is 0.0884. The van der Waals surface area contributed by atoms with E-state index in [9.17, 15) is 4.79 Å². The molecule has 0 unspecified atom stereocenters. The SMILES string of the molecule is COc1ccc(NC(=O)[C@@H](C)Sc2nnc(C3CC3)n2C2CC2)cc1Cl. The molecule has 0 aliphatic heterocycles. The quantitative estimate of drug-likeness (QED) is 0.712. The van der Waals surface area contributed by atoms with Gasteiger partial charge in [0.25, 0.3) is 0 Å². The van der Waals surface area contributed by atoms with E-state index in [1.165, 1.54) is 37.4 Å². The number of hydrogen-bond acceptors (Lipinski definition) is 5. The summed E-state index contributed by atoms with van der Waals surface area (Å²) in [5.41, 5.74) is 0.649. The molecule has 2 fully saturated rings. The molecule has 1 atom stereocenters. The molecule has 8 heteroatoms. The van der Waals surface area contributed by atoms with Gasteiger partial charge in [0.05, 0.1) is 17.4 Å². The van der Waals surface area contributed by atoms with Crippen LogP contribution in [0, 0.1) is 0 Å². The van der Waals surface area contributed by atoms with Gasteiger partial charge < -0.3 is 14.6 Å². The smallest absolute Gasteiger partial charge is 0.237 e. The fourth-order valence-electron chi connectivity index (χ4n) is 2.86. The second-order valence-electron chi connectivity index (χ2n) is 6.81. The van der Waals surface area contributed by atoms with Gasteiger partial charge in [-0.15, -0.1) is 10.2 Å². The zero-order chi connectivity index (χ0) is 18.3. The maximum atomic E-state index is 12.6. The number of nitrogens with zero attached hydrogens (tertiary/aromatic N) is 3. The van der Waals surface area contributed by atoms with Crippen molar-refractivity contribution in [3.8, 4) is 5.75 Å². The van der Waals surface area contributed by atoms with Crippen molar-refractivity contribution in [1.29, 1.82) is 0 Å². The molecule has 1 aromatic heterocycles. The zero-order valence-electron chi connectivity index (χ0n) is 14.7. The molecule has 26 heavy (non-hydrogen) atoms. The molecule has 0 saturated heterocycles. The van der Waals surface area contributed by atoms with Crippen molar-refractivity contribution in [2.75, 3.05) is 12.4 Å². The van der Waals surface area contributed by atoms with Crippen molar-refractivity contribution >= 4 is 35.0 Å². The highest BCUT2D eigenvalue weighted by Gasteiger charge is 2.37. The lowest BCUT2D eigenvalue weighted by Crippen LogP contribution is -2.23. The molecular formula is C18H21ClN4O2S. The number of aromatic nitrogens is 3. The topological polar surface area (TPSA) is 69.0 Å². The summed E-state index contributed by atoms with van der Waals surface area (Å²) in [7, 11) is 1.56. The number of amides is 1. The van der Waals surface area contributed by atoms with Gasteiger partial charge >= 0.3 is 0 Å². The predicted molar refractivity (Wildman–Crippen MR) is 102 cm³/mol. The van der Waals surface area contributed by atoms with Crippen LogP contribution < -0.4 is 10.1 Å². The normalized spacial score (nSPS) is 17.8. The van der Waals surface area contributed by atoms with Crippen LogP contribution in [0.25, 0.3) is 0 Å². The van der Waals surface area contributed by atoms with Gasteiger partial charge in [-0.25, -0.2) is 0 Å². The number of benzene rings is 1. The Morgan fingerprint density at radius 2 is 2.12 bits per heavy atom. The van der Waals surface area contributed by atoms with E-state index in [1.54, 1.807) is 25.3 Å². The number of rotatable bonds is 7. The summed E-state index contributed by atoms with van der Waals surface area (Å²) in [5, 5.41) is 12.7. The van der Waals surface area contributed by atoms with Gasteiger partial charge in [-0.1, -0.05) is 23.4 Å². The number of nitrogens with one attached hydrogen (secondary N) is 1. The average molecular weight is 393 g/mol. The van der Waals surface area contributed by atoms with E-state index in [4.69, 9.17) is 16.3 Å². The summed E-state index contributed by atoms with van der Waals surface area (Å²) in [4.78, 5) is 12.6. The Morgan fingerprint density at radius 1 is 1.35 bits per heavy atom. The summed E-state index contributed by atoms with van der Waals surface area (Å²) < 4.78 is 7.39. The van der Waals surface area contributed by atoms with Crippen LogP contribution in [0.4, 0.5) is 5.69 Å². The van der Waals surface area contributed by atoms with E-state index in [0.717, 1.165) is 11.0 Å². The fraction of sp³-hybridized carbons (Fsp3) is 0.500. The lowest BCUT2D eigenvalue weighted by molar-refractivity contribution is -0.115. The molecule has 1 amide bonds. The van der Waals surface area contributed by atoms with E-state index < -0.39 is 0 Å². The van der Waals surface area contributed by atoms with Gasteiger partial charge in [-0.3, -0.25) is 4.79 Å². The second kappa shape index (κ2) is 7.12. The van der Waals surface area contributed by atoms with Crippen molar-refractivity contribution in [3.05, 3.63) is 29.0 Å². The van der Waals surface area contributed by atoms with Crippen LogP contribution in [0.15, 0.2) is 23.4 Å². The lowest BCUT2D eigenvalue weighted by atomic mass is 10.3. The number of carbonyl (C=O) groups is 1. The van der Waals surface area contributed by atoms with Gasteiger partial charge in [0.15, 0.2) is 5.16 Å². The Hall–Kier alpha value is -1.73. The van der Waals surface area contributed by atoms with E-state index in [1.807, 2.05) is 6.92 Å². The minimum atomic E-state index is -0.287. The van der Waals surface area contributed by atoms with Crippen LogP contribution in [0.3, 0.4) is 0 Å². The van der Waals surface area contributed by atoms with Crippen molar-refractivity contribution in [2.24, 2.45) is 0 Å². The monoisotopic (exact) mass is 392 g/mol. The summed E-state index contributed by atoms with van der Waals surface area (Å²) in [5.74, 6) is 2.15. The van der Waals surface area contributed by atoms with E-state index >= 15 is 0 Å². The van der Waals surface area contributed by atoms with E-state index in [0.29, 0.717) is 28.4 Å².